The van der Waals surface area contributed by atoms with Gasteiger partial charge in [-0.25, -0.2) is 19.2 Å². The van der Waals surface area contributed by atoms with Gasteiger partial charge in [0.15, 0.2) is 0 Å². The maximum Gasteiger partial charge on any atom is 0.333 e. The average Bonchev–Trinajstić information content (AvgIpc) is 3.27. The Morgan fingerprint density at radius 3 is 1.68 bits per heavy atom. The Hall–Kier alpha value is -5.43. The number of carbonyl (C=O) groups excluding carboxylic acids is 4. The summed E-state index contributed by atoms with van der Waals surface area (Å²) in [7, 11) is 0. The lowest BCUT2D eigenvalue weighted by molar-refractivity contribution is -0.159. The van der Waals surface area contributed by atoms with Crippen LogP contribution in [0.15, 0.2) is 78.9 Å². The van der Waals surface area contributed by atoms with Crippen LogP contribution in [-0.4, -0.2) is 56.9 Å². The molecule has 0 atom stereocenters. The van der Waals surface area contributed by atoms with Gasteiger partial charge in [0.1, 0.15) is 37.6 Å². The second kappa shape index (κ2) is 26.3. The third-order valence-corrected chi connectivity index (χ3v) is 11.6. The van der Waals surface area contributed by atoms with E-state index in [4.69, 9.17) is 23.7 Å². The molecule has 2 aromatic rings. The normalized spacial score (nSPS) is 14.7. The lowest BCUT2D eigenvalue weighted by Crippen LogP contribution is -2.44. The van der Waals surface area contributed by atoms with Crippen LogP contribution >= 0.6 is 0 Å². The molecule has 10 nitrogen and oxygen atoms in total. The van der Waals surface area contributed by atoms with Gasteiger partial charge in [-0.3, -0.25) is 0 Å². The standard InChI is InChI=1S/C53H71NO9/c1-11-13-14-18-40-21-23-42(24-22-40)43-25-26-47(41(12-2)29-43)46-30-44(19-15-16-27-54)48(45(31-46)20-17-28-59-49(55)36(3)4)60-32-53(33-61-50(56)37(5)6,34-62-51(57)38(7)8)35-63-52(58)39(9)10/h25-26,29-31,40,42H,3,5,7,9,11-24,28,32-35H2,1-2,4,6,8,10H3. The van der Waals surface area contributed by atoms with Crippen molar-refractivity contribution in [1.29, 1.82) is 5.26 Å². The summed E-state index contributed by atoms with van der Waals surface area (Å²) in [6.07, 6.45) is 13.3. The first-order valence-corrected chi connectivity index (χ1v) is 22.6. The molecule has 1 aliphatic rings. The zero-order chi connectivity index (χ0) is 46.5. The Morgan fingerprint density at radius 1 is 0.667 bits per heavy atom. The van der Waals surface area contributed by atoms with Gasteiger partial charge >= 0.3 is 23.9 Å². The van der Waals surface area contributed by atoms with E-state index in [1.54, 1.807) is 6.92 Å². The molecule has 10 heteroatoms. The lowest BCUT2D eigenvalue weighted by Gasteiger charge is -2.33. The molecule has 0 amide bonds. The molecule has 1 fully saturated rings. The predicted molar refractivity (Wildman–Crippen MR) is 248 cm³/mol. The molecular formula is C53H71NO9. The highest BCUT2D eigenvalue weighted by molar-refractivity contribution is 5.88. The summed E-state index contributed by atoms with van der Waals surface area (Å²) >= 11 is 0. The number of ether oxygens (including phenoxy) is 5. The van der Waals surface area contributed by atoms with E-state index in [0.717, 1.165) is 34.6 Å². The molecule has 0 unspecified atom stereocenters. The van der Waals surface area contributed by atoms with Crippen molar-refractivity contribution in [2.45, 2.75) is 137 Å². The summed E-state index contributed by atoms with van der Waals surface area (Å²) in [4.78, 5) is 50.6. The number of esters is 4. The molecule has 1 aliphatic carbocycles. The van der Waals surface area contributed by atoms with Crippen LogP contribution in [0.1, 0.15) is 140 Å². The minimum Gasteiger partial charge on any atom is -0.492 e. The highest BCUT2D eigenvalue weighted by Gasteiger charge is 2.38. The van der Waals surface area contributed by atoms with Crippen molar-refractivity contribution in [3.8, 4) is 22.9 Å². The Labute approximate surface area is 376 Å². The smallest absolute Gasteiger partial charge is 0.333 e. The Kier molecular flexibility index (Phi) is 21.6. The highest BCUT2D eigenvalue weighted by Crippen LogP contribution is 2.41. The van der Waals surface area contributed by atoms with Gasteiger partial charge in [-0.15, -0.1) is 0 Å². The van der Waals surface area contributed by atoms with E-state index in [1.807, 2.05) is 0 Å². The van der Waals surface area contributed by atoms with Crippen molar-refractivity contribution in [3.63, 3.8) is 0 Å². The van der Waals surface area contributed by atoms with Gasteiger partial charge in [-0.2, -0.15) is 5.26 Å². The van der Waals surface area contributed by atoms with Crippen molar-refractivity contribution < 1.29 is 42.9 Å². The first-order chi connectivity index (χ1) is 30.0. The molecule has 3 rings (SSSR count). The highest BCUT2D eigenvalue weighted by atomic mass is 16.6. The van der Waals surface area contributed by atoms with Gasteiger partial charge in [0.05, 0.1) is 12.7 Å². The molecule has 1 saturated carbocycles. The van der Waals surface area contributed by atoms with E-state index in [9.17, 15) is 24.4 Å². The summed E-state index contributed by atoms with van der Waals surface area (Å²) in [5.74, 6) is -0.626. The molecule has 0 heterocycles. The van der Waals surface area contributed by atoms with E-state index in [1.165, 1.54) is 83.3 Å². The van der Waals surface area contributed by atoms with Gasteiger partial charge in [0.2, 0.25) is 0 Å². The third-order valence-electron chi connectivity index (χ3n) is 11.6. The lowest BCUT2D eigenvalue weighted by atomic mass is 9.76. The number of rotatable bonds is 27. The van der Waals surface area contributed by atoms with Crippen LogP contribution < -0.4 is 4.74 Å². The zero-order valence-corrected chi connectivity index (χ0v) is 38.9. The van der Waals surface area contributed by atoms with Gasteiger partial charge < -0.3 is 23.7 Å². The fourth-order valence-electron chi connectivity index (χ4n) is 7.79. The van der Waals surface area contributed by atoms with Gasteiger partial charge in [0.25, 0.3) is 0 Å². The van der Waals surface area contributed by atoms with Crippen LogP contribution in [-0.2, 0) is 57.4 Å². The molecule has 0 radical (unpaired) electrons. The van der Waals surface area contributed by atoms with Gasteiger partial charge in [-0.05, 0) is 143 Å². The number of hydrogen-bond donors (Lipinski definition) is 0. The fraction of sp³-hybridized carbons (Fsp3) is 0.528. The Bertz CT molecular complexity index is 1920. The van der Waals surface area contributed by atoms with E-state index in [2.05, 4.69) is 76.6 Å². The molecule has 0 aliphatic heterocycles. The van der Waals surface area contributed by atoms with E-state index in [0.29, 0.717) is 49.3 Å². The molecule has 63 heavy (non-hydrogen) atoms. The van der Waals surface area contributed by atoms with Crippen LogP contribution in [0.25, 0.3) is 11.1 Å². The number of unbranched alkanes of at least 4 members (excludes halogenated alkanes) is 3. The number of benzene rings is 2. The molecule has 0 bridgehead atoms. The summed E-state index contributed by atoms with van der Waals surface area (Å²) < 4.78 is 29.2. The molecule has 0 aromatic heterocycles. The second-order valence-corrected chi connectivity index (χ2v) is 17.5. The largest absolute Gasteiger partial charge is 0.492 e. The number of nitriles is 1. The molecule has 342 valence electrons. The minimum absolute atomic E-state index is 0.142. The second-order valence-electron chi connectivity index (χ2n) is 17.5. The quantitative estimate of drug-likeness (QED) is 0.0369. The van der Waals surface area contributed by atoms with Crippen LogP contribution in [0, 0.1) is 22.7 Å². The number of nitrogens with zero attached hydrogens (tertiary/aromatic N) is 1. The number of hydrogen-bond acceptors (Lipinski definition) is 10. The van der Waals surface area contributed by atoms with Crippen LogP contribution in [0.4, 0.5) is 0 Å². The average molecular weight is 866 g/mol. The zero-order valence-electron chi connectivity index (χ0n) is 38.9. The van der Waals surface area contributed by atoms with E-state index in [-0.39, 0.29) is 49.8 Å². The fourth-order valence-corrected chi connectivity index (χ4v) is 7.79. The first-order valence-electron chi connectivity index (χ1n) is 22.6. The summed E-state index contributed by atoms with van der Waals surface area (Å²) in [5, 5.41) is 9.56. The molecular weight excluding hydrogens is 795 g/mol. The van der Waals surface area contributed by atoms with Crippen LogP contribution in [0.5, 0.6) is 5.75 Å². The van der Waals surface area contributed by atoms with Crippen molar-refractivity contribution in [2.24, 2.45) is 11.3 Å². The van der Waals surface area contributed by atoms with Crippen LogP contribution in [0.3, 0.4) is 0 Å². The topological polar surface area (TPSA) is 138 Å². The van der Waals surface area contributed by atoms with Crippen molar-refractivity contribution in [2.75, 3.05) is 33.0 Å². The summed E-state index contributed by atoms with van der Waals surface area (Å²) in [6.45, 7) is 24.2. The van der Waals surface area contributed by atoms with Crippen molar-refractivity contribution >= 4 is 23.9 Å². The predicted octanol–water partition coefficient (Wildman–Crippen LogP) is 11.4. The minimum atomic E-state index is -1.39. The van der Waals surface area contributed by atoms with Gasteiger partial charge in [0, 0.05) is 28.7 Å². The van der Waals surface area contributed by atoms with Crippen molar-refractivity contribution in [1.82, 2.24) is 0 Å². The molecule has 2 aromatic carbocycles. The Balaban J connectivity index is 2.15. The van der Waals surface area contributed by atoms with Crippen molar-refractivity contribution in [3.05, 3.63) is 101 Å². The van der Waals surface area contributed by atoms with E-state index < -0.39 is 29.3 Å². The number of carbonyl (C=O) groups is 4. The summed E-state index contributed by atoms with van der Waals surface area (Å²) in [6, 6.07) is 13.4. The number of aryl methyl sites for hydroxylation is 3. The Morgan fingerprint density at radius 2 is 1.19 bits per heavy atom. The van der Waals surface area contributed by atoms with E-state index >= 15 is 0 Å². The monoisotopic (exact) mass is 866 g/mol. The first kappa shape index (κ1) is 51.9. The molecule has 0 saturated heterocycles. The maximum atomic E-state index is 12.8. The third kappa shape index (κ3) is 16.7. The van der Waals surface area contributed by atoms with Crippen LogP contribution in [0.2, 0.25) is 0 Å². The SMILES string of the molecule is C=C(C)C(=O)OCCCc1cc(-c2ccc(C3CCC(CCCCC)CC3)cc2CC)cc(CCCC#N)c1OCC(COC(=O)C(=C)C)(COC(=O)C(=C)C)COC(=O)C(=C)C. The van der Waals surface area contributed by atoms with Gasteiger partial charge in [-0.1, -0.05) is 84.0 Å². The maximum absolute atomic E-state index is 12.8. The molecule has 0 N–H and O–H groups in total. The summed E-state index contributed by atoms with van der Waals surface area (Å²) in [5.41, 5.74) is 5.77. The molecule has 0 spiro atoms.